The van der Waals surface area contributed by atoms with Crippen molar-refractivity contribution in [2.45, 2.75) is 6.92 Å². The van der Waals surface area contributed by atoms with Gasteiger partial charge in [0.2, 0.25) is 0 Å². The summed E-state index contributed by atoms with van der Waals surface area (Å²) in [5.74, 6) is 1.03. The highest BCUT2D eigenvalue weighted by Gasteiger charge is 2.08. The molecule has 5 nitrogen and oxygen atoms in total. The van der Waals surface area contributed by atoms with Gasteiger partial charge in [-0.05, 0) is 58.2 Å². The molecular formula is C24H24BrNO4. The summed E-state index contributed by atoms with van der Waals surface area (Å²) in [4.78, 5) is 12.3. The molecule has 0 atom stereocenters. The third-order valence-electron chi connectivity index (χ3n) is 4.22. The number of amides is 1. The van der Waals surface area contributed by atoms with Crippen LogP contribution in [-0.2, 0) is 9.53 Å². The van der Waals surface area contributed by atoms with E-state index in [1.54, 1.807) is 12.1 Å². The van der Waals surface area contributed by atoms with Crippen LogP contribution in [0.1, 0.15) is 6.92 Å². The van der Waals surface area contributed by atoms with Crippen molar-refractivity contribution in [1.82, 2.24) is 0 Å². The second-order valence-electron chi connectivity index (χ2n) is 6.42. The molecule has 0 spiro atoms. The summed E-state index contributed by atoms with van der Waals surface area (Å²) in [5, 5.41) is 2.82. The molecule has 1 amide bonds. The molecule has 0 aliphatic heterocycles. The number of anilines is 1. The van der Waals surface area contributed by atoms with E-state index in [0.29, 0.717) is 37.0 Å². The lowest BCUT2D eigenvalue weighted by atomic mass is 10.1. The zero-order valence-electron chi connectivity index (χ0n) is 16.8. The number of carbonyl (C=O) groups excluding carboxylic acids is 1. The van der Waals surface area contributed by atoms with E-state index in [4.69, 9.17) is 14.2 Å². The summed E-state index contributed by atoms with van der Waals surface area (Å²) >= 11 is 3.52. The number of benzene rings is 3. The predicted octanol–water partition coefficient (Wildman–Crippen LogP) is 5.55. The number of hydrogen-bond acceptors (Lipinski definition) is 4. The number of hydrogen-bond donors (Lipinski definition) is 1. The zero-order valence-corrected chi connectivity index (χ0v) is 18.4. The Balaban J connectivity index is 1.52. The first-order valence-corrected chi connectivity index (χ1v) is 10.5. The monoisotopic (exact) mass is 469 g/mol. The van der Waals surface area contributed by atoms with E-state index < -0.39 is 0 Å². The van der Waals surface area contributed by atoms with Gasteiger partial charge in [-0.2, -0.15) is 0 Å². The molecule has 0 radical (unpaired) electrons. The summed E-state index contributed by atoms with van der Waals surface area (Å²) in [6.45, 7) is 3.48. The Labute approximate surface area is 185 Å². The van der Waals surface area contributed by atoms with Crippen molar-refractivity contribution in [3.63, 3.8) is 0 Å². The summed E-state index contributed by atoms with van der Waals surface area (Å²) < 4.78 is 17.3. The fraction of sp³-hybridized carbons (Fsp3) is 0.208. The first-order valence-electron chi connectivity index (χ1n) is 9.74. The Morgan fingerprint density at radius 3 is 2.50 bits per heavy atom. The number of nitrogens with one attached hydrogen (secondary N) is 1. The molecule has 30 heavy (non-hydrogen) atoms. The van der Waals surface area contributed by atoms with Crippen LogP contribution in [0.2, 0.25) is 0 Å². The molecule has 1 N–H and O–H groups in total. The standard InChI is InChI=1S/C24H24BrNO4/c1-2-28-13-14-29-21-10-6-9-20(16-21)26-24(27)17-30-23-12-11-19(15-22(23)25)18-7-4-3-5-8-18/h3-12,15-16H,2,13-14,17H2,1H3,(H,26,27). The molecule has 6 heteroatoms. The molecule has 3 aromatic rings. The number of ether oxygens (including phenoxy) is 3. The van der Waals surface area contributed by atoms with Crippen molar-refractivity contribution < 1.29 is 19.0 Å². The van der Waals surface area contributed by atoms with E-state index in [2.05, 4.69) is 21.2 Å². The Morgan fingerprint density at radius 1 is 0.900 bits per heavy atom. The minimum Gasteiger partial charge on any atom is -0.491 e. The second-order valence-corrected chi connectivity index (χ2v) is 7.28. The van der Waals surface area contributed by atoms with Crippen LogP contribution in [0.25, 0.3) is 11.1 Å². The Morgan fingerprint density at radius 2 is 1.73 bits per heavy atom. The van der Waals surface area contributed by atoms with Crippen LogP contribution in [0.3, 0.4) is 0 Å². The lowest BCUT2D eigenvalue weighted by molar-refractivity contribution is -0.118. The number of carbonyl (C=O) groups is 1. The fourth-order valence-electron chi connectivity index (χ4n) is 2.79. The minimum atomic E-state index is -0.250. The average molecular weight is 470 g/mol. The molecule has 0 bridgehead atoms. The van der Waals surface area contributed by atoms with Crippen LogP contribution in [-0.4, -0.2) is 32.3 Å². The average Bonchev–Trinajstić information content (AvgIpc) is 2.77. The zero-order chi connectivity index (χ0) is 21.2. The second kappa shape index (κ2) is 11.4. The molecule has 0 aliphatic carbocycles. The Hall–Kier alpha value is -2.83. The van der Waals surface area contributed by atoms with Gasteiger partial charge in [-0.25, -0.2) is 0 Å². The van der Waals surface area contributed by atoms with Gasteiger partial charge in [-0.15, -0.1) is 0 Å². The quantitative estimate of drug-likeness (QED) is 0.395. The molecule has 0 saturated carbocycles. The van der Waals surface area contributed by atoms with Crippen LogP contribution in [0.15, 0.2) is 77.3 Å². The summed E-state index contributed by atoms with van der Waals surface area (Å²) in [6.07, 6.45) is 0. The van der Waals surface area contributed by atoms with Crippen LogP contribution >= 0.6 is 15.9 Å². The summed E-state index contributed by atoms with van der Waals surface area (Å²) in [5.41, 5.74) is 2.84. The summed E-state index contributed by atoms with van der Waals surface area (Å²) in [7, 11) is 0. The highest BCUT2D eigenvalue weighted by Crippen LogP contribution is 2.30. The molecule has 3 rings (SSSR count). The van der Waals surface area contributed by atoms with Gasteiger partial charge in [0.15, 0.2) is 6.61 Å². The first-order chi connectivity index (χ1) is 14.7. The molecule has 0 heterocycles. The van der Waals surface area contributed by atoms with Gasteiger partial charge in [0.1, 0.15) is 18.1 Å². The van der Waals surface area contributed by atoms with Crippen molar-refractivity contribution in [3.8, 4) is 22.6 Å². The minimum absolute atomic E-state index is 0.0985. The third kappa shape index (κ3) is 6.61. The predicted molar refractivity (Wildman–Crippen MR) is 122 cm³/mol. The van der Waals surface area contributed by atoms with Gasteiger partial charge < -0.3 is 19.5 Å². The lowest BCUT2D eigenvalue weighted by Crippen LogP contribution is -2.20. The van der Waals surface area contributed by atoms with Crippen molar-refractivity contribution >= 4 is 27.5 Å². The van der Waals surface area contributed by atoms with Crippen LogP contribution < -0.4 is 14.8 Å². The van der Waals surface area contributed by atoms with Crippen molar-refractivity contribution in [2.75, 3.05) is 31.7 Å². The molecule has 156 valence electrons. The van der Waals surface area contributed by atoms with E-state index >= 15 is 0 Å². The maximum Gasteiger partial charge on any atom is 0.262 e. The highest BCUT2D eigenvalue weighted by atomic mass is 79.9. The van der Waals surface area contributed by atoms with Gasteiger partial charge in [0.25, 0.3) is 5.91 Å². The Bertz CT molecular complexity index is 962. The molecule has 0 unspecified atom stereocenters. The normalized spacial score (nSPS) is 10.5. The molecule has 3 aromatic carbocycles. The molecule has 0 saturated heterocycles. The van der Waals surface area contributed by atoms with E-state index in [0.717, 1.165) is 15.6 Å². The largest absolute Gasteiger partial charge is 0.491 e. The van der Waals surface area contributed by atoms with Crippen molar-refractivity contribution in [2.24, 2.45) is 0 Å². The topological polar surface area (TPSA) is 56.8 Å². The van der Waals surface area contributed by atoms with Crippen LogP contribution in [0.5, 0.6) is 11.5 Å². The van der Waals surface area contributed by atoms with Crippen LogP contribution in [0, 0.1) is 0 Å². The van der Waals surface area contributed by atoms with Gasteiger partial charge in [-0.1, -0.05) is 42.5 Å². The van der Waals surface area contributed by atoms with Gasteiger partial charge >= 0.3 is 0 Å². The Kier molecular flexibility index (Phi) is 8.30. The smallest absolute Gasteiger partial charge is 0.262 e. The molecule has 0 fully saturated rings. The molecule has 0 aromatic heterocycles. The van der Waals surface area contributed by atoms with Crippen LogP contribution in [0.4, 0.5) is 5.69 Å². The van der Waals surface area contributed by atoms with Crippen molar-refractivity contribution in [1.29, 1.82) is 0 Å². The summed E-state index contributed by atoms with van der Waals surface area (Å²) in [6, 6.07) is 23.1. The molecular weight excluding hydrogens is 446 g/mol. The van der Waals surface area contributed by atoms with E-state index in [1.165, 1.54) is 0 Å². The molecule has 0 aliphatic rings. The van der Waals surface area contributed by atoms with Gasteiger partial charge in [0.05, 0.1) is 11.1 Å². The highest BCUT2D eigenvalue weighted by molar-refractivity contribution is 9.10. The van der Waals surface area contributed by atoms with Gasteiger partial charge in [0, 0.05) is 18.4 Å². The third-order valence-corrected chi connectivity index (χ3v) is 4.84. The number of halogens is 1. The lowest BCUT2D eigenvalue weighted by Gasteiger charge is -2.11. The van der Waals surface area contributed by atoms with E-state index in [-0.39, 0.29) is 12.5 Å². The maximum absolute atomic E-state index is 12.3. The fourth-order valence-corrected chi connectivity index (χ4v) is 3.29. The van der Waals surface area contributed by atoms with E-state index in [9.17, 15) is 4.79 Å². The van der Waals surface area contributed by atoms with Crippen molar-refractivity contribution in [3.05, 3.63) is 77.3 Å². The van der Waals surface area contributed by atoms with E-state index in [1.807, 2.05) is 67.6 Å². The van der Waals surface area contributed by atoms with Gasteiger partial charge in [-0.3, -0.25) is 4.79 Å². The first kappa shape index (κ1) is 21.9. The SMILES string of the molecule is CCOCCOc1cccc(NC(=O)COc2ccc(-c3ccccc3)cc2Br)c1. The maximum atomic E-state index is 12.3. The number of rotatable bonds is 10.